The highest BCUT2D eigenvalue weighted by atomic mass is 32.2. The number of carbonyl (C=O) groups is 2. The van der Waals surface area contributed by atoms with Gasteiger partial charge in [0.25, 0.3) is 5.91 Å². The van der Waals surface area contributed by atoms with E-state index in [0.717, 1.165) is 16.9 Å². The van der Waals surface area contributed by atoms with E-state index >= 15 is 0 Å². The SMILES string of the molecule is CCOC(=O)Nc1sc(SCc2ccccc2)nc1C(=O)NCc1ccccc1. The topological polar surface area (TPSA) is 80.3 Å². The summed E-state index contributed by atoms with van der Waals surface area (Å²) in [5.41, 5.74) is 2.33. The lowest BCUT2D eigenvalue weighted by molar-refractivity contribution is 0.0947. The molecule has 0 saturated heterocycles. The van der Waals surface area contributed by atoms with Crippen LogP contribution in [0.2, 0.25) is 0 Å². The Morgan fingerprint density at radius 2 is 1.69 bits per heavy atom. The van der Waals surface area contributed by atoms with E-state index in [0.29, 0.717) is 15.9 Å². The molecule has 150 valence electrons. The predicted molar refractivity (Wildman–Crippen MR) is 116 cm³/mol. The number of benzene rings is 2. The van der Waals surface area contributed by atoms with E-state index in [9.17, 15) is 9.59 Å². The van der Waals surface area contributed by atoms with E-state index in [2.05, 4.69) is 15.6 Å². The van der Waals surface area contributed by atoms with Gasteiger partial charge >= 0.3 is 6.09 Å². The minimum atomic E-state index is -0.604. The fourth-order valence-corrected chi connectivity index (χ4v) is 4.42. The molecule has 0 aliphatic carbocycles. The zero-order valence-electron chi connectivity index (χ0n) is 15.9. The van der Waals surface area contributed by atoms with Crippen molar-refractivity contribution in [3.8, 4) is 0 Å². The van der Waals surface area contributed by atoms with Crippen LogP contribution < -0.4 is 10.6 Å². The van der Waals surface area contributed by atoms with Crippen molar-refractivity contribution >= 4 is 40.1 Å². The Morgan fingerprint density at radius 1 is 1.03 bits per heavy atom. The number of ether oxygens (including phenoxy) is 1. The molecular weight excluding hydrogens is 406 g/mol. The summed E-state index contributed by atoms with van der Waals surface area (Å²) in [6.45, 7) is 2.35. The highest BCUT2D eigenvalue weighted by Crippen LogP contribution is 2.33. The van der Waals surface area contributed by atoms with Gasteiger partial charge in [0.1, 0.15) is 5.00 Å². The number of hydrogen-bond donors (Lipinski definition) is 2. The molecule has 29 heavy (non-hydrogen) atoms. The fraction of sp³-hybridized carbons (Fsp3) is 0.190. The van der Waals surface area contributed by atoms with Gasteiger partial charge in [-0.2, -0.15) is 0 Å². The Bertz CT molecular complexity index is 946. The molecule has 0 atom stereocenters. The van der Waals surface area contributed by atoms with E-state index in [1.807, 2.05) is 60.7 Å². The molecule has 0 spiro atoms. The fourth-order valence-electron chi connectivity index (χ4n) is 2.44. The normalized spacial score (nSPS) is 10.4. The number of thioether (sulfide) groups is 1. The van der Waals surface area contributed by atoms with Crippen molar-refractivity contribution in [2.75, 3.05) is 11.9 Å². The van der Waals surface area contributed by atoms with Gasteiger partial charge in [-0.25, -0.2) is 9.78 Å². The number of nitrogens with zero attached hydrogens (tertiary/aromatic N) is 1. The number of amides is 2. The summed E-state index contributed by atoms with van der Waals surface area (Å²) < 4.78 is 5.64. The Kier molecular flexibility index (Phi) is 7.66. The molecule has 2 aromatic carbocycles. The van der Waals surface area contributed by atoms with Crippen LogP contribution >= 0.6 is 23.1 Å². The maximum absolute atomic E-state index is 12.7. The second kappa shape index (κ2) is 10.6. The molecule has 0 fully saturated rings. The van der Waals surface area contributed by atoms with Crippen molar-refractivity contribution in [3.05, 3.63) is 77.5 Å². The van der Waals surface area contributed by atoms with Crippen molar-refractivity contribution in [3.63, 3.8) is 0 Å². The van der Waals surface area contributed by atoms with Crippen LogP contribution in [0.1, 0.15) is 28.5 Å². The molecule has 0 saturated carbocycles. The minimum Gasteiger partial charge on any atom is -0.450 e. The molecule has 2 N–H and O–H groups in total. The van der Waals surface area contributed by atoms with Gasteiger partial charge in [0, 0.05) is 12.3 Å². The van der Waals surface area contributed by atoms with Gasteiger partial charge in [0.05, 0.1) is 6.61 Å². The van der Waals surface area contributed by atoms with Crippen LogP contribution in [0.3, 0.4) is 0 Å². The summed E-state index contributed by atoms with van der Waals surface area (Å²) in [5, 5.41) is 5.86. The molecule has 3 aromatic rings. The molecular formula is C21H21N3O3S2. The maximum Gasteiger partial charge on any atom is 0.412 e. The van der Waals surface area contributed by atoms with Gasteiger partial charge in [-0.3, -0.25) is 10.1 Å². The van der Waals surface area contributed by atoms with Crippen LogP contribution in [0.4, 0.5) is 9.80 Å². The first kappa shape index (κ1) is 20.9. The summed E-state index contributed by atoms with van der Waals surface area (Å²) in [6, 6.07) is 19.6. The number of carbonyl (C=O) groups excluding carboxylic acids is 2. The van der Waals surface area contributed by atoms with Crippen molar-refractivity contribution in [1.29, 1.82) is 0 Å². The smallest absolute Gasteiger partial charge is 0.412 e. The van der Waals surface area contributed by atoms with Crippen molar-refractivity contribution < 1.29 is 14.3 Å². The summed E-state index contributed by atoms with van der Waals surface area (Å²) in [5.74, 6) is 0.376. The first-order chi connectivity index (χ1) is 14.2. The molecule has 0 radical (unpaired) electrons. The summed E-state index contributed by atoms with van der Waals surface area (Å²) in [6.07, 6.45) is -0.604. The molecule has 1 heterocycles. The third kappa shape index (κ3) is 6.33. The van der Waals surface area contributed by atoms with Crippen LogP contribution in [0, 0.1) is 0 Å². The maximum atomic E-state index is 12.7. The molecule has 2 amide bonds. The predicted octanol–water partition coefficient (Wildman–Crippen LogP) is 4.93. The molecule has 0 unspecified atom stereocenters. The summed E-state index contributed by atoms with van der Waals surface area (Å²) in [7, 11) is 0. The Labute approximate surface area is 177 Å². The Morgan fingerprint density at radius 3 is 2.34 bits per heavy atom. The van der Waals surface area contributed by atoms with Crippen LogP contribution in [0.15, 0.2) is 65.0 Å². The number of aromatic nitrogens is 1. The first-order valence-corrected chi connectivity index (χ1v) is 10.9. The van der Waals surface area contributed by atoms with Crippen molar-refractivity contribution in [1.82, 2.24) is 10.3 Å². The van der Waals surface area contributed by atoms with Crippen molar-refractivity contribution in [2.24, 2.45) is 0 Å². The summed E-state index contributed by atoms with van der Waals surface area (Å²) in [4.78, 5) is 29.0. The molecule has 0 bridgehead atoms. The van der Waals surface area contributed by atoms with E-state index in [1.165, 1.54) is 23.1 Å². The average Bonchev–Trinajstić information content (AvgIpc) is 3.15. The van der Waals surface area contributed by atoms with E-state index in [1.54, 1.807) is 6.92 Å². The van der Waals surface area contributed by atoms with E-state index in [4.69, 9.17) is 4.74 Å². The highest BCUT2D eigenvalue weighted by Gasteiger charge is 2.20. The Balaban J connectivity index is 1.72. The molecule has 1 aromatic heterocycles. The van der Waals surface area contributed by atoms with Gasteiger partial charge in [0.2, 0.25) is 0 Å². The quantitative estimate of drug-likeness (QED) is 0.498. The number of hydrogen-bond acceptors (Lipinski definition) is 6. The summed E-state index contributed by atoms with van der Waals surface area (Å²) >= 11 is 2.78. The molecule has 6 nitrogen and oxygen atoms in total. The van der Waals surface area contributed by atoms with E-state index in [-0.39, 0.29) is 18.2 Å². The third-order valence-corrected chi connectivity index (χ3v) is 6.00. The zero-order chi connectivity index (χ0) is 20.5. The monoisotopic (exact) mass is 427 g/mol. The molecule has 8 heteroatoms. The molecule has 0 aliphatic heterocycles. The number of anilines is 1. The standard InChI is InChI=1S/C21H21N3O3S2/c1-2-27-20(26)24-19-17(18(25)22-13-15-9-5-3-6-10-15)23-21(29-19)28-14-16-11-7-4-8-12-16/h3-12H,2,13-14H2,1H3,(H,22,25)(H,24,26). The van der Waals surface area contributed by atoms with Crippen LogP contribution in [0.25, 0.3) is 0 Å². The van der Waals surface area contributed by atoms with Gasteiger partial charge in [0.15, 0.2) is 10.0 Å². The molecule has 0 aliphatic rings. The number of rotatable bonds is 8. The largest absolute Gasteiger partial charge is 0.450 e. The number of thiazole rings is 1. The lowest BCUT2D eigenvalue weighted by Gasteiger charge is -2.06. The Hall–Kier alpha value is -2.84. The number of nitrogens with one attached hydrogen (secondary N) is 2. The third-order valence-electron chi connectivity index (χ3n) is 3.81. The first-order valence-electron chi connectivity index (χ1n) is 9.09. The van der Waals surface area contributed by atoms with Crippen molar-refractivity contribution in [2.45, 2.75) is 23.6 Å². The lowest BCUT2D eigenvalue weighted by Crippen LogP contribution is -2.25. The lowest BCUT2D eigenvalue weighted by atomic mass is 10.2. The van der Waals surface area contributed by atoms with Crippen LogP contribution in [0.5, 0.6) is 0 Å². The minimum absolute atomic E-state index is 0.189. The van der Waals surface area contributed by atoms with Gasteiger partial charge in [-0.15, -0.1) is 0 Å². The van der Waals surface area contributed by atoms with E-state index < -0.39 is 6.09 Å². The highest BCUT2D eigenvalue weighted by molar-refractivity contribution is 8.00. The van der Waals surface area contributed by atoms with Gasteiger partial charge < -0.3 is 10.1 Å². The molecule has 3 rings (SSSR count). The van der Waals surface area contributed by atoms with Gasteiger partial charge in [-0.1, -0.05) is 83.8 Å². The average molecular weight is 428 g/mol. The second-order valence-electron chi connectivity index (χ2n) is 5.95. The second-order valence-corrected chi connectivity index (χ2v) is 8.17. The van der Waals surface area contributed by atoms with Crippen LogP contribution in [-0.2, 0) is 17.0 Å². The zero-order valence-corrected chi connectivity index (χ0v) is 17.5. The van der Waals surface area contributed by atoms with Gasteiger partial charge in [-0.05, 0) is 18.1 Å². The van der Waals surface area contributed by atoms with Crippen LogP contribution in [-0.4, -0.2) is 23.6 Å².